The molecule has 0 atom stereocenters. The summed E-state index contributed by atoms with van der Waals surface area (Å²) in [4.78, 5) is 82.5. The molecule has 15 nitrogen and oxygen atoms in total. The van der Waals surface area contributed by atoms with Gasteiger partial charge in [-0.3, -0.25) is 0 Å². The summed E-state index contributed by atoms with van der Waals surface area (Å²) >= 11 is 0. The molecular weight excluding hydrogens is 769 g/mol. The Bertz CT molecular complexity index is 2930. The van der Waals surface area contributed by atoms with Crippen molar-refractivity contribution in [2.75, 3.05) is 0 Å². The van der Waals surface area contributed by atoms with Crippen molar-refractivity contribution in [1.29, 1.82) is 0 Å². The van der Waals surface area contributed by atoms with E-state index in [4.69, 9.17) is 31.4 Å². The number of hydrogen-bond acceptors (Lipinski definition) is 9. The summed E-state index contributed by atoms with van der Waals surface area (Å²) in [6.45, 7) is 4.96. The molecule has 1 aromatic heterocycles. The SMILES string of the molecule is Cc1ccc(-n2c(=O)n(-c3ccc(C)c(OC(N)=O)c3)c(=O)n(-c3c(-c4ccccc4)c(OC(N)=O)c(C)c(-c4ccccc4)c3-c3ccccc3)c2=O)cc1OC(N)=O. The Morgan fingerprint density at radius 2 is 0.817 bits per heavy atom. The Kier molecular flexibility index (Phi) is 10.7. The molecule has 0 saturated carbocycles. The van der Waals surface area contributed by atoms with Crippen LogP contribution in [-0.2, 0) is 0 Å². The lowest BCUT2D eigenvalue weighted by molar-refractivity contribution is 0.209. The molecule has 0 aliphatic heterocycles. The van der Waals surface area contributed by atoms with E-state index in [1.54, 1.807) is 93.6 Å². The number of nitrogens with zero attached hydrogens (tertiary/aromatic N) is 3. The van der Waals surface area contributed by atoms with Crippen LogP contribution in [-0.4, -0.2) is 32.0 Å². The molecule has 6 aromatic carbocycles. The Labute approximate surface area is 341 Å². The summed E-state index contributed by atoms with van der Waals surface area (Å²) in [5, 5.41) is 0. The molecule has 0 saturated heterocycles. The molecule has 0 radical (unpaired) electrons. The average Bonchev–Trinajstić information content (AvgIpc) is 3.21. The van der Waals surface area contributed by atoms with Crippen LogP contribution >= 0.6 is 0 Å². The Hall–Kier alpha value is -8.46. The van der Waals surface area contributed by atoms with Crippen molar-refractivity contribution in [3.63, 3.8) is 0 Å². The molecule has 0 aliphatic carbocycles. The van der Waals surface area contributed by atoms with Crippen molar-refractivity contribution in [2.24, 2.45) is 17.2 Å². The number of aryl methyl sites for hydroxylation is 2. The number of hydrogen-bond donors (Lipinski definition) is 3. The van der Waals surface area contributed by atoms with Gasteiger partial charge in [0.15, 0.2) is 0 Å². The van der Waals surface area contributed by atoms with E-state index in [1.165, 1.54) is 36.4 Å². The third-order valence-corrected chi connectivity index (χ3v) is 9.71. The molecule has 3 amide bonds. The number of nitrogens with two attached hydrogens (primary N) is 3. The van der Waals surface area contributed by atoms with Crippen molar-refractivity contribution < 1.29 is 28.6 Å². The minimum atomic E-state index is -1.18. The van der Waals surface area contributed by atoms with Crippen LogP contribution in [0.3, 0.4) is 0 Å². The summed E-state index contributed by atoms with van der Waals surface area (Å²) in [6.07, 6.45) is -3.48. The molecular formula is C45H36N6O9. The molecule has 0 spiro atoms. The molecule has 0 bridgehead atoms. The highest BCUT2D eigenvalue weighted by molar-refractivity contribution is 6.01. The lowest BCUT2D eigenvalue weighted by Gasteiger charge is -2.26. The smallest absolute Gasteiger partial charge is 0.409 e. The van der Waals surface area contributed by atoms with E-state index in [-0.39, 0.29) is 39.9 Å². The van der Waals surface area contributed by atoms with E-state index >= 15 is 9.59 Å². The van der Waals surface area contributed by atoms with Gasteiger partial charge < -0.3 is 31.4 Å². The van der Waals surface area contributed by atoms with Gasteiger partial charge in [-0.25, -0.2) is 42.5 Å². The minimum absolute atomic E-state index is 0.0715. The predicted molar refractivity (Wildman–Crippen MR) is 224 cm³/mol. The largest absolute Gasteiger partial charge is 0.410 e. The summed E-state index contributed by atoms with van der Waals surface area (Å²) in [5.74, 6) is -0.216. The van der Waals surface area contributed by atoms with Crippen LogP contribution in [0.1, 0.15) is 16.7 Å². The van der Waals surface area contributed by atoms with Crippen LogP contribution in [0.2, 0.25) is 0 Å². The first-order chi connectivity index (χ1) is 28.8. The van der Waals surface area contributed by atoms with Crippen LogP contribution in [0, 0.1) is 20.8 Å². The number of amides is 3. The highest BCUT2D eigenvalue weighted by atomic mass is 16.6. The van der Waals surface area contributed by atoms with E-state index in [2.05, 4.69) is 0 Å². The van der Waals surface area contributed by atoms with Gasteiger partial charge in [0.2, 0.25) is 0 Å². The molecule has 60 heavy (non-hydrogen) atoms. The summed E-state index contributed by atoms with van der Waals surface area (Å²) < 4.78 is 18.5. The van der Waals surface area contributed by atoms with Gasteiger partial charge in [0, 0.05) is 23.3 Å². The molecule has 7 rings (SSSR count). The zero-order chi connectivity index (χ0) is 42.8. The number of carbonyl (C=O) groups excluding carboxylic acids is 3. The first-order valence-electron chi connectivity index (χ1n) is 18.3. The van der Waals surface area contributed by atoms with Gasteiger partial charge >= 0.3 is 35.3 Å². The van der Waals surface area contributed by atoms with Crippen LogP contribution in [0.25, 0.3) is 50.4 Å². The normalized spacial score (nSPS) is 10.8. The van der Waals surface area contributed by atoms with Crippen LogP contribution in [0.4, 0.5) is 14.4 Å². The lowest BCUT2D eigenvalue weighted by Crippen LogP contribution is -2.53. The number of primary amides is 3. The average molecular weight is 805 g/mol. The van der Waals surface area contributed by atoms with Crippen molar-refractivity contribution in [3.8, 4) is 67.7 Å². The Balaban J connectivity index is 1.79. The molecule has 1 heterocycles. The van der Waals surface area contributed by atoms with Gasteiger partial charge in [0.05, 0.1) is 22.6 Å². The third kappa shape index (κ3) is 7.41. The Morgan fingerprint density at radius 3 is 1.22 bits per heavy atom. The summed E-state index contributed by atoms with van der Waals surface area (Å²) in [5.41, 5.74) is 16.4. The van der Waals surface area contributed by atoms with Crippen LogP contribution < -0.4 is 48.5 Å². The second-order valence-electron chi connectivity index (χ2n) is 13.5. The first kappa shape index (κ1) is 39.8. The van der Waals surface area contributed by atoms with E-state index in [0.29, 0.717) is 53.6 Å². The van der Waals surface area contributed by atoms with Gasteiger partial charge in [-0.1, -0.05) is 103 Å². The summed E-state index contributed by atoms with van der Waals surface area (Å²) in [7, 11) is 0. The molecule has 15 heteroatoms. The van der Waals surface area contributed by atoms with Gasteiger partial charge in [0.25, 0.3) is 0 Å². The van der Waals surface area contributed by atoms with Crippen molar-refractivity contribution >= 4 is 18.3 Å². The zero-order valence-corrected chi connectivity index (χ0v) is 32.4. The maximum atomic E-state index is 15.5. The quantitative estimate of drug-likeness (QED) is 0.146. The third-order valence-electron chi connectivity index (χ3n) is 9.71. The molecule has 300 valence electrons. The second-order valence-corrected chi connectivity index (χ2v) is 13.5. The zero-order valence-electron chi connectivity index (χ0n) is 32.4. The maximum absolute atomic E-state index is 15.5. The molecule has 7 aromatic rings. The van der Waals surface area contributed by atoms with E-state index in [0.717, 1.165) is 4.57 Å². The Morgan fingerprint density at radius 1 is 0.450 bits per heavy atom. The number of benzene rings is 6. The highest BCUT2D eigenvalue weighted by Crippen LogP contribution is 2.49. The monoisotopic (exact) mass is 804 g/mol. The van der Waals surface area contributed by atoms with Gasteiger partial charge in [-0.15, -0.1) is 0 Å². The molecule has 0 aliphatic rings. The first-order valence-corrected chi connectivity index (χ1v) is 18.3. The topological polar surface area (TPSA) is 223 Å². The molecule has 0 fully saturated rings. The number of rotatable bonds is 9. The summed E-state index contributed by atoms with van der Waals surface area (Å²) in [6, 6.07) is 34.9. The van der Waals surface area contributed by atoms with E-state index < -0.39 is 35.3 Å². The fraction of sp³-hybridized carbons (Fsp3) is 0.0667. The number of ether oxygens (including phenoxy) is 3. The van der Waals surface area contributed by atoms with Crippen molar-refractivity contribution in [3.05, 3.63) is 176 Å². The number of carbonyl (C=O) groups is 3. The minimum Gasteiger partial charge on any atom is -0.410 e. The fourth-order valence-electron chi connectivity index (χ4n) is 7.09. The molecule has 6 N–H and O–H groups in total. The second kappa shape index (κ2) is 16.2. The van der Waals surface area contributed by atoms with Crippen LogP contribution in [0.5, 0.6) is 17.2 Å². The van der Waals surface area contributed by atoms with Gasteiger partial charge in [0.1, 0.15) is 17.2 Å². The fourth-order valence-corrected chi connectivity index (χ4v) is 7.09. The standard InChI is InChI=1S/C45H36N6O9/c1-25-19-21-31(23-33(25)58-40(46)52)49-43(55)50(32-22-20-26(2)34(24-32)59-41(47)53)45(57)51(44(49)56)38-36(29-15-9-5-10-16-29)35(28-13-7-4-8-14-28)27(3)39(60-42(48)54)37(38)30-17-11-6-12-18-30/h4-24H,1-3H3,(H2,46,52)(H2,47,53)(H2,48,54). The lowest BCUT2D eigenvalue weighted by atomic mass is 9.84. The van der Waals surface area contributed by atoms with E-state index in [9.17, 15) is 19.2 Å². The van der Waals surface area contributed by atoms with Crippen LogP contribution in [0.15, 0.2) is 142 Å². The van der Waals surface area contributed by atoms with Gasteiger partial charge in [-0.05, 0) is 66.3 Å². The molecule has 0 unspecified atom stereocenters. The maximum Gasteiger partial charge on any atom is 0.409 e. The number of aromatic nitrogens is 3. The predicted octanol–water partition coefficient (Wildman–Crippen LogP) is 6.44. The highest BCUT2D eigenvalue weighted by Gasteiger charge is 2.32. The van der Waals surface area contributed by atoms with Crippen molar-refractivity contribution in [1.82, 2.24) is 13.7 Å². The van der Waals surface area contributed by atoms with Crippen molar-refractivity contribution in [2.45, 2.75) is 20.8 Å². The van der Waals surface area contributed by atoms with E-state index in [1.807, 2.05) is 18.2 Å². The van der Waals surface area contributed by atoms with Gasteiger partial charge in [-0.2, -0.15) is 0 Å².